The number of aromatic nitrogens is 1. The zero-order chi connectivity index (χ0) is 29.0. The lowest BCUT2D eigenvalue weighted by Crippen LogP contribution is -2.39. The minimum atomic E-state index is -0.167. The molecule has 0 spiro atoms. The number of nitrogens with two attached hydrogens (primary N) is 2. The van der Waals surface area contributed by atoms with Gasteiger partial charge >= 0.3 is 0 Å². The Labute approximate surface area is 238 Å². The van der Waals surface area contributed by atoms with E-state index in [-0.39, 0.29) is 17.5 Å². The number of nitrogens with one attached hydrogen (secondary N) is 2. The van der Waals surface area contributed by atoms with E-state index in [4.69, 9.17) is 11.5 Å². The minimum Gasteiger partial charge on any atom is -0.401 e. The third-order valence-corrected chi connectivity index (χ3v) is 8.24. The summed E-state index contributed by atoms with van der Waals surface area (Å²) in [5, 5.41) is 5.77. The van der Waals surface area contributed by atoms with Crippen LogP contribution in [0.2, 0.25) is 0 Å². The van der Waals surface area contributed by atoms with Crippen molar-refractivity contribution in [2.24, 2.45) is 22.8 Å². The van der Waals surface area contributed by atoms with Gasteiger partial charge in [-0.05, 0) is 75.6 Å². The SMILES string of the molecule is CC(C)(C)C(C=O)N/C=C(\N)C1CC1.CC1CCCN1C.Cc1ncsc1-c1ccc(C(CN)NC=O)cc1. The first kappa shape index (κ1) is 32.5. The Morgan fingerprint density at radius 1 is 1.18 bits per heavy atom. The number of allylic oxidation sites excluding steroid dienone is 1. The summed E-state index contributed by atoms with van der Waals surface area (Å²) in [6, 6.07) is 8.60. The van der Waals surface area contributed by atoms with Crippen molar-refractivity contribution in [3.8, 4) is 10.4 Å². The van der Waals surface area contributed by atoms with E-state index < -0.39 is 0 Å². The smallest absolute Gasteiger partial charge is 0.207 e. The molecule has 1 saturated heterocycles. The van der Waals surface area contributed by atoms with Gasteiger partial charge in [0.2, 0.25) is 6.41 Å². The van der Waals surface area contributed by atoms with Crippen molar-refractivity contribution in [2.45, 2.75) is 78.4 Å². The standard InChI is InChI=1S/C13H15N3OS.C11H20N2O.C6H13N/c1-9-13(18-8-16-9)11-4-2-10(3-5-11)12(6-14)15-7-17;1-11(2,3)10(7-14)13-6-9(12)8-4-5-8;1-6-4-3-5-7(6)2/h2-5,7-8,12H,6,14H2,1H3,(H,15,17);6-8,10,13H,4-5,12H2,1-3H3;6H,3-5H2,1-2H3/b;9-6-;. The van der Waals surface area contributed by atoms with Crippen molar-refractivity contribution >= 4 is 24.0 Å². The molecule has 8 nitrogen and oxygen atoms in total. The van der Waals surface area contributed by atoms with E-state index in [9.17, 15) is 9.59 Å². The number of nitrogens with zero attached hydrogens (tertiary/aromatic N) is 2. The van der Waals surface area contributed by atoms with E-state index in [1.165, 1.54) is 37.1 Å². The number of rotatable bonds is 9. The molecular formula is C30H48N6O2S. The van der Waals surface area contributed by atoms with Crippen molar-refractivity contribution in [1.82, 2.24) is 20.5 Å². The Bertz CT molecular complexity index is 1030. The van der Waals surface area contributed by atoms with Crippen LogP contribution < -0.4 is 22.1 Å². The third-order valence-electron chi connectivity index (χ3n) is 7.26. The van der Waals surface area contributed by atoms with Gasteiger partial charge in [-0.25, -0.2) is 4.98 Å². The Morgan fingerprint density at radius 3 is 2.23 bits per heavy atom. The van der Waals surface area contributed by atoms with Crippen molar-refractivity contribution in [3.63, 3.8) is 0 Å². The molecule has 1 saturated carbocycles. The number of benzene rings is 1. The van der Waals surface area contributed by atoms with Crippen molar-refractivity contribution < 1.29 is 9.59 Å². The molecule has 4 rings (SSSR count). The van der Waals surface area contributed by atoms with Gasteiger partial charge < -0.3 is 31.8 Å². The summed E-state index contributed by atoms with van der Waals surface area (Å²) in [4.78, 5) is 29.1. The molecule has 3 atom stereocenters. The highest BCUT2D eigenvalue weighted by Gasteiger charge is 2.26. The maximum Gasteiger partial charge on any atom is 0.207 e. The number of likely N-dealkylation sites (tertiary alicyclic amines) is 1. The first-order chi connectivity index (χ1) is 18.5. The second-order valence-electron chi connectivity index (χ2n) is 11.5. The largest absolute Gasteiger partial charge is 0.401 e. The molecule has 1 aliphatic heterocycles. The summed E-state index contributed by atoms with van der Waals surface area (Å²) in [5.41, 5.74) is 17.3. The second kappa shape index (κ2) is 15.7. The molecule has 1 aromatic carbocycles. The summed E-state index contributed by atoms with van der Waals surface area (Å²) in [6.07, 6.45) is 8.59. The van der Waals surface area contributed by atoms with E-state index in [1.54, 1.807) is 17.5 Å². The van der Waals surface area contributed by atoms with Crippen LogP contribution in [0.15, 0.2) is 41.7 Å². The molecule has 1 amide bonds. The van der Waals surface area contributed by atoms with Crippen LogP contribution in [0.3, 0.4) is 0 Å². The normalized spacial score (nSPS) is 19.1. The van der Waals surface area contributed by atoms with Gasteiger partial charge in [-0.3, -0.25) is 4.79 Å². The van der Waals surface area contributed by atoms with Gasteiger partial charge in [-0.1, -0.05) is 45.0 Å². The molecule has 6 N–H and O–H groups in total. The average Bonchev–Trinajstić information content (AvgIpc) is 3.57. The van der Waals surface area contributed by atoms with Crippen molar-refractivity contribution in [1.29, 1.82) is 0 Å². The molecule has 0 radical (unpaired) electrons. The number of aryl methyl sites for hydroxylation is 1. The Balaban J connectivity index is 0.000000224. The molecule has 2 aromatic rings. The van der Waals surface area contributed by atoms with E-state index in [1.807, 2.05) is 57.5 Å². The van der Waals surface area contributed by atoms with Crippen molar-refractivity contribution in [2.75, 3.05) is 20.1 Å². The fourth-order valence-electron chi connectivity index (χ4n) is 4.12. The average molecular weight is 557 g/mol. The van der Waals surface area contributed by atoms with Crippen LogP contribution in [0, 0.1) is 18.3 Å². The maximum atomic E-state index is 10.8. The van der Waals surface area contributed by atoms with Crippen LogP contribution in [-0.2, 0) is 9.59 Å². The van der Waals surface area contributed by atoms with Gasteiger partial charge in [0, 0.05) is 24.5 Å². The molecule has 2 aliphatic rings. The number of aldehydes is 1. The lowest BCUT2D eigenvalue weighted by molar-refractivity contribution is -0.111. The topological polar surface area (TPSA) is 126 Å². The first-order valence-electron chi connectivity index (χ1n) is 13.8. The van der Waals surface area contributed by atoms with Crippen LogP contribution in [0.5, 0.6) is 0 Å². The number of hydrogen-bond acceptors (Lipinski definition) is 8. The Morgan fingerprint density at radius 2 is 1.85 bits per heavy atom. The molecule has 39 heavy (non-hydrogen) atoms. The second-order valence-corrected chi connectivity index (χ2v) is 12.4. The summed E-state index contributed by atoms with van der Waals surface area (Å²) < 4.78 is 0. The zero-order valence-electron chi connectivity index (χ0n) is 24.4. The quantitative estimate of drug-likeness (QED) is 0.338. The first-order valence-corrected chi connectivity index (χ1v) is 14.7. The molecular weight excluding hydrogens is 508 g/mol. The molecule has 216 valence electrons. The number of amides is 1. The van der Waals surface area contributed by atoms with Gasteiger partial charge in [-0.2, -0.15) is 0 Å². The molecule has 1 aromatic heterocycles. The van der Waals surface area contributed by atoms with E-state index in [0.29, 0.717) is 18.9 Å². The van der Waals surface area contributed by atoms with E-state index in [2.05, 4.69) is 34.5 Å². The predicted molar refractivity (Wildman–Crippen MR) is 162 cm³/mol. The lowest BCUT2D eigenvalue weighted by atomic mass is 9.88. The van der Waals surface area contributed by atoms with Crippen LogP contribution in [0.4, 0.5) is 0 Å². The monoisotopic (exact) mass is 556 g/mol. The fourth-order valence-corrected chi connectivity index (χ4v) is 4.93. The summed E-state index contributed by atoms with van der Waals surface area (Å²) in [6.45, 7) is 12.1. The Kier molecular flexibility index (Phi) is 13.1. The predicted octanol–water partition coefficient (Wildman–Crippen LogP) is 4.36. The zero-order valence-corrected chi connectivity index (χ0v) is 25.3. The molecule has 9 heteroatoms. The van der Waals surface area contributed by atoms with E-state index in [0.717, 1.165) is 34.8 Å². The minimum absolute atomic E-state index is 0.0674. The van der Waals surface area contributed by atoms with Crippen molar-refractivity contribution in [3.05, 3.63) is 52.9 Å². The number of carbonyl (C=O) groups is 2. The van der Waals surface area contributed by atoms with Gasteiger partial charge in [0.05, 0.1) is 28.2 Å². The van der Waals surface area contributed by atoms with E-state index >= 15 is 0 Å². The highest BCUT2D eigenvalue weighted by Crippen LogP contribution is 2.33. The third kappa shape index (κ3) is 10.7. The lowest BCUT2D eigenvalue weighted by Gasteiger charge is -2.26. The van der Waals surface area contributed by atoms with Crippen LogP contribution in [0.25, 0.3) is 10.4 Å². The van der Waals surface area contributed by atoms with Gasteiger partial charge in [0.25, 0.3) is 0 Å². The molecule has 2 fully saturated rings. The molecule has 0 bridgehead atoms. The highest BCUT2D eigenvalue weighted by atomic mass is 32.1. The maximum absolute atomic E-state index is 10.8. The van der Waals surface area contributed by atoms with Crippen LogP contribution >= 0.6 is 11.3 Å². The molecule has 1 aliphatic carbocycles. The number of thiazole rings is 1. The number of hydrogen-bond donors (Lipinski definition) is 4. The summed E-state index contributed by atoms with van der Waals surface area (Å²) >= 11 is 1.63. The fraction of sp³-hybridized carbons (Fsp3) is 0.567. The van der Waals surface area contributed by atoms with Gasteiger partial charge in [-0.15, -0.1) is 11.3 Å². The van der Waals surface area contributed by atoms with Gasteiger partial charge in [0.1, 0.15) is 6.29 Å². The summed E-state index contributed by atoms with van der Waals surface area (Å²) in [7, 11) is 2.19. The molecule has 2 heterocycles. The summed E-state index contributed by atoms with van der Waals surface area (Å²) in [5.74, 6) is 0.551. The van der Waals surface area contributed by atoms with Crippen LogP contribution in [-0.4, -0.2) is 54.8 Å². The van der Waals surface area contributed by atoms with Gasteiger partial charge in [0.15, 0.2) is 0 Å². The highest BCUT2D eigenvalue weighted by molar-refractivity contribution is 7.13. The van der Waals surface area contributed by atoms with Crippen LogP contribution in [0.1, 0.15) is 70.7 Å². The Hall–Kier alpha value is -2.75. The number of carbonyl (C=O) groups excluding carboxylic acids is 2. The molecule has 3 unspecified atom stereocenters.